The molecule has 18 heavy (non-hydrogen) atoms. The van der Waals surface area contributed by atoms with Crippen LogP contribution in [0.1, 0.15) is 22.6 Å². The first kappa shape index (κ1) is 12.2. The van der Waals surface area contributed by atoms with Crippen LogP contribution in [0.2, 0.25) is 0 Å². The lowest BCUT2D eigenvalue weighted by molar-refractivity contribution is -0.137. The number of hydrogen-bond acceptors (Lipinski definition) is 1. The maximum atomic E-state index is 12.5. The second-order valence-corrected chi connectivity index (χ2v) is 3.71. The molecule has 1 aromatic heterocycles. The molecule has 0 radical (unpaired) electrons. The molecule has 0 aliphatic heterocycles. The summed E-state index contributed by atoms with van der Waals surface area (Å²) in [6, 6.07) is 4.91. The van der Waals surface area contributed by atoms with Crippen LogP contribution < -0.4 is 0 Å². The van der Waals surface area contributed by atoms with E-state index in [2.05, 4.69) is 21.8 Å². The van der Waals surface area contributed by atoms with Crippen LogP contribution in [0, 0.1) is 18.8 Å². The van der Waals surface area contributed by atoms with Crippen LogP contribution in [0.5, 0.6) is 0 Å². The highest BCUT2D eigenvalue weighted by molar-refractivity contribution is 5.41. The molecule has 2 rings (SSSR count). The summed E-state index contributed by atoms with van der Waals surface area (Å²) in [5.74, 6) is 6.10. The number of H-pyrrole nitrogens is 1. The maximum absolute atomic E-state index is 12.5. The highest BCUT2D eigenvalue weighted by atomic mass is 19.4. The van der Waals surface area contributed by atoms with E-state index >= 15 is 0 Å². The molecular weight excluding hydrogens is 241 g/mol. The first-order chi connectivity index (χ1) is 8.45. The second-order valence-electron chi connectivity index (χ2n) is 3.71. The molecule has 0 unspecified atom stereocenters. The van der Waals surface area contributed by atoms with Crippen molar-refractivity contribution in [2.24, 2.45) is 0 Å². The molecule has 1 N–H and O–H groups in total. The number of hydrogen-bond donors (Lipinski definition) is 1. The van der Waals surface area contributed by atoms with Gasteiger partial charge in [-0.25, -0.2) is 4.98 Å². The van der Waals surface area contributed by atoms with Crippen molar-refractivity contribution in [3.63, 3.8) is 0 Å². The standard InChI is InChI=1S/C13H9F3N2/c1-9-17-8-12(18-9)6-5-10-3-2-4-11(7-10)13(14,15)16/h2-4,7-8H,1H3,(H,17,18). The molecule has 0 saturated carbocycles. The van der Waals surface area contributed by atoms with E-state index in [1.165, 1.54) is 18.3 Å². The van der Waals surface area contributed by atoms with E-state index < -0.39 is 11.7 Å². The van der Waals surface area contributed by atoms with E-state index in [4.69, 9.17) is 0 Å². The fraction of sp³-hybridized carbons (Fsp3) is 0.154. The van der Waals surface area contributed by atoms with Gasteiger partial charge in [-0.15, -0.1) is 0 Å². The molecule has 0 fully saturated rings. The Morgan fingerprint density at radius 3 is 2.61 bits per heavy atom. The SMILES string of the molecule is Cc1ncc(C#Cc2cccc(C(F)(F)F)c2)[nH]1. The van der Waals surface area contributed by atoms with Crippen LogP contribution in [-0.2, 0) is 6.18 Å². The number of aromatic nitrogens is 2. The molecule has 0 spiro atoms. The van der Waals surface area contributed by atoms with Crippen LogP contribution in [0.3, 0.4) is 0 Å². The van der Waals surface area contributed by atoms with Crippen LogP contribution in [-0.4, -0.2) is 9.97 Å². The minimum Gasteiger partial charge on any atom is -0.336 e. The number of aryl methyl sites for hydroxylation is 1. The number of imidazole rings is 1. The van der Waals surface area contributed by atoms with Gasteiger partial charge < -0.3 is 4.98 Å². The topological polar surface area (TPSA) is 28.7 Å². The zero-order chi connectivity index (χ0) is 13.2. The summed E-state index contributed by atoms with van der Waals surface area (Å²) in [6.45, 7) is 1.77. The molecule has 0 aliphatic rings. The van der Waals surface area contributed by atoms with Crippen LogP contribution >= 0.6 is 0 Å². The number of alkyl halides is 3. The highest BCUT2D eigenvalue weighted by Crippen LogP contribution is 2.29. The van der Waals surface area contributed by atoms with Crippen molar-refractivity contribution in [1.29, 1.82) is 0 Å². The average Bonchev–Trinajstić information content (AvgIpc) is 2.72. The third-order valence-electron chi connectivity index (χ3n) is 2.23. The van der Waals surface area contributed by atoms with Crippen molar-refractivity contribution in [3.8, 4) is 11.8 Å². The van der Waals surface area contributed by atoms with Crippen LogP contribution in [0.25, 0.3) is 0 Å². The molecule has 0 atom stereocenters. The lowest BCUT2D eigenvalue weighted by Gasteiger charge is -2.05. The summed E-state index contributed by atoms with van der Waals surface area (Å²) in [6.07, 6.45) is -2.81. The number of benzene rings is 1. The zero-order valence-corrected chi connectivity index (χ0v) is 9.47. The fourth-order valence-electron chi connectivity index (χ4n) is 1.40. The maximum Gasteiger partial charge on any atom is 0.416 e. The Morgan fingerprint density at radius 1 is 1.22 bits per heavy atom. The summed E-state index contributed by atoms with van der Waals surface area (Å²) in [4.78, 5) is 6.83. The number of rotatable bonds is 0. The second kappa shape index (κ2) is 4.57. The van der Waals surface area contributed by atoms with E-state index in [0.717, 1.165) is 12.1 Å². The predicted octanol–water partition coefficient (Wildman–Crippen LogP) is 3.14. The van der Waals surface area contributed by atoms with Crippen LogP contribution in [0.4, 0.5) is 13.2 Å². The van der Waals surface area contributed by atoms with Crippen molar-refractivity contribution in [2.45, 2.75) is 13.1 Å². The molecule has 2 nitrogen and oxygen atoms in total. The number of nitrogens with one attached hydrogen (secondary N) is 1. The Balaban J connectivity index is 2.28. The normalized spacial score (nSPS) is 10.9. The van der Waals surface area contributed by atoms with Gasteiger partial charge in [0.1, 0.15) is 11.5 Å². The van der Waals surface area contributed by atoms with Gasteiger partial charge in [-0.1, -0.05) is 12.0 Å². The van der Waals surface area contributed by atoms with Gasteiger partial charge in [-0.3, -0.25) is 0 Å². The van der Waals surface area contributed by atoms with E-state index in [0.29, 0.717) is 17.1 Å². The Labute approximate surface area is 102 Å². The number of halogens is 3. The molecular formula is C13H9F3N2. The van der Waals surface area contributed by atoms with Crippen molar-refractivity contribution in [2.75, 3.05) is 0 Å². The summed E-state index contributed by atoms with van der Waals surface area (Å²) in [7, 11) is 0. The van der Waals surface area contributed by atoms with Crippen molar-refractivity contribution in [1.82, 2.24) is 9.97 Å². The molecule has 2 aromatic rings. The average molecular weight is 250 g/mol. The minimum atomic E-state index is -4.34. The van der Waals surface area contributed by atoms with E-state index in [1.54, 1.807) is 6.92 Å². The number of aromatic amines is 1. The monoisotopic (exact) mass is 250 g/mol. The molecule has 0 saturated heterocycles. The lowest BCUT2D eigenvalue weighted by atomic mass is 10.1. The van der Waals surface area contributed by atoms with E-state index in [-0.39, 0.29) is 0 Å². The molecule has 1 heterocycles. The molecule has 0 amide bonds. The third kappa shape index (κ3) is 2.92. The van der Waals surface area contributed by atoms with Gasteiger partial charge in [0.2, 0.25) is 0 Å². The van der Waals surface area contributed by atoms with Crippen molar-refractivity contribution in [3.05, 3.63) is 53.1 Å². The highest BCUT2D eigenvalue weighted by Gasteiger charge is 2.30. The van der Waals surface area contributed by atoms with Gasteiger partial charge in [0, 0.05) is 5.56 Å². The van der Waals surface area contributed by atoms with Gasteiger partial charge in [0.05, 0.1) is 11.8 Å². The van der Waals surface area contributed by atoms with Gasteiger partial charge in [-0.2, -0.15) is 13.2 Å². The fourth-order valence-corrected chi connectivity index (χ4v) is 1.40. The van der Waals surface area contributed by atoms with Crippen LogP contribution in [0.15, 0.2) is 30.5 Å². The first-order valence-electron chi connectivity index (χ1n) is 5.16. The molecule has 5 heteroatoms. The Hall–Kier alpha value is -2.22. The van der Waals surface area contributed by atoms with E-state index in [1.807, 2.05) is 0 Å². The molecule has 92 valence electrons. The quantitative estimate of drug-likeness (QED) is 0.715. The molecule has 0 bridgehead atoms. The molecule has 1 aromatic carbocycles. The summed E-state index contributed by atoms with van der Waals surface area (Å²) >= 11 is 0. The summed E-state index contributed by atoms with van der Waals surface area (Å²) < 4.78 is 37.4. The van der Waals surface area contributed by atoms with Gasteiger partial charge >= 0.3 is 6.18 Å². The van der Waals surface area contributed by atoms with Crippen molar-refractivity contribution < 1.29 is 13.2 Å². The predicted molar refractivity (Wildman–Crippen MR) is 60.7 cm³/mol. The van der Waals surface area contributed by atoms with Gasteiger partial charge in [0.25, 0.3) is 0 Å². The summed E-state index contributed by atoms with van der Waals surface area (Å²) in [5, 5.41) is 0. The Morgan fingerprint density at radius 2 is 2.00 bits per heavy atom. The minimum absolute atomic E-state index is 0.317. The Kier molecular flexibility index (Phi) is 3.11. The van der Waals surface area contributed by atoms with Gasteiger partial charge in [0.15, 0.2) is 0 Å². The summed E-state index contributed by atoms with van der Waals surface area (Å²) in [5.41, 5.74) is 0.192. The van der Waals surface area contributed by atoms with E-state index in [9.17, 15) is 13.2 Å². The first-order valence-corrected chi connectivity index (χ1v) is 5.16. The van der Waals surface area contributed by atoms with Gasteiger partial charge in [-0.05, 0) is 31.0 Å². The zero-order valence-electron chi connectivity index (χ0n) is 9.47. The molecule has 0 aliphatic carbocycles. The number of nitrogens with zero attached hydrogens (tertiary/aromatic N) is 1. The largest absolute Gasteiger partial charge is 0.416 e. The van der Waals surface area contributed by atoms with Crippen molar-refractivity contribution >= 4 is 0 Å². The Bertz CT molecular complexity index is 615. The third-order valence-corrected chi connectivity index (χ3v) is 2.23. The lowest BCUT2D eigenvalue weighted by Crippen LogP contribution is -2.04. The smallest absolute Gasteiger partial charge is 0.336 e.